The lowest BCUT2D eigenvalue weighted by atomic mass is 9.77. The zero-order valence-electron chi connectivity index (χ0n) is 17.1. The van der Waals surface area contributed by atoms with E-state index >= 15 is 0 Å². The second kappa shape index (κ2) is 7.55. The van der Waals surface area contributed by atoms with E-state index < -0.39 is 23.2 Å². The lowest BCUT2D eigenvalue weighted by molar-refractivity contribution is -0.137. The van der Waals surface area contributed by atoms with Gasteiger partial charge in [-0.25, -0.2) is 9.98 Å². The lowest BCUT2D eigenvalue weighted by Crippen LogP contribution is -2.25. The van der Waals surface area contributed by atoms with Gasteiger partial charge in [-0.15, -0.1) is 0 Å². The quantitative estimate of drug-likeness (QED) is 0.313. The molecule has 0 saturated carbocycles. The Morgan fingerprint density at radius 2 is 1.48 bits per heavy atom. The molecule has 7 heteroatoms. The Hall–Kier alpha value is -4.00. The number of nitrogens with zero attached hydrogens (tertiary/aromatic N) is 2. The average molecular weight is 447 g/mol. The molecule has 0 fully saturated rings. The number of alkyl halides is 3. The van der Waals surface area contributed by atoms with E-state index in [4.69, 9.17) is 10.7 Å². The molecular weight excluding hydrogens is 430 g/mol. The van der Waals surface area contributed by atoms with Crippen LogP contribution in [0, 0.1) is 5.95 Å². The third kappa shape index (κ3) is 3.36. The number of aromatic nitrogens is 1. The molecule has 5 rings (SSSR count). The summed E-state index contributed by atoms with van der Waals surface area (Å²) in [6, 6.07) is 22.6. The van der Waals surface area contributed by atoms with Crippen molar-refractivity contribution in [1.29, 1.82) is 0 Å². The molecule has 1 atom stereocenters. The fourth-order valence-corrected chi connectivity index (χ4v) is 4.34. The zero-order valence-corrected chi connectivity index (χ0v) is 17.1. The van der Waals surface area contributed by atoms with E-state index in [1.807, 2.05) is 30.3 Å². The molecule has 2 N–H and O–H groups in total. The van der Waals surface area contributed by atoms with Crippen LogP contribution in [0.4, 0.5) is 17.6 Å². The molecule has 1 unspecified atom stereocenters. The van der Waals surface area contributed by atoms with Crippen molar-refractivity contribution in [2.45, 2.75) is 11.7 Å². The number of fused-ring (bicyclic) bond motifs is 1. The summed E-state index contributed by atoms with van der Waals surface area (Å²) in [6.07, 6.45) is -3.09. The van der Waals surface area contributed by atoms with Crippen LogP contribution in [0.25, 0.3) is 11.1 Å². The van der Waals surface area contributed by atoms with Gasteiger partial charge in [0.15, 0.2) is 0 Å². The van der Waals surface area contributed by atoms with E-state index in [0.717, 1.165) is 17.7 Å². The van der Waals surface area contributed by atoms with Crippen LogP contribution in [0.5, 0.6) is 0 Å². The van der Waals surface area contributed by atoms with Gasteiger partial charge in [0, 0.05) is 17.3 Å². The molecule has 0 bridgehead atoms. The molecule has 2 heterocycles. The Bertz CT molecular complexity index is 1380. The number of amidine groups is 1. The molecule has 0 amide bonds. The molecule has 1 aliphatic rings. The van der Waals surface area contributed by atoms with Crippen molar-refractivity contribution >= 4 is 5.84 Å². The van der Waals surface area contributed by atoms with Crippen LogP contribution >= 0.6 is 0 Å². The number of hydrogen-bond acceptors (Lipinski definition) is 3. The first kappa shape index (κ1) is 20.9. The summed E-state index contributed by atoms with van der Waals surface area (Å²) in [7, 11) is 0. The predicted octanol–water partition coefficient (Wildman–Crippen LogP) is 5.92. The van der Waals surface area contributed by atoms with Crippen LogP contribution in [0.1, 0.15) is 27.8 Å². The normalized spacial score (nSPS) is 17.5. The number of benzene rings is 3. The number of halogens is 4. The number of hydrogen-bond donors (Lipinski definition) is 1. The van der Waals surface area contributed by atoms with E-state index in [-0.39, 0.29) is 5.84 Å². The maximum Gasteiger partial charge on any atom is 0.416 e. The van der Waals surface area contributed by atoms with Gasteiger partial charge in [0.2, 0.25) is 5.95 Å². The van der Waals surface area contributed by atoms with Crippen molar-refractivity contribution in [3.05, 3.63) is 125 Å². The third-order valence-electron chi connectivity index (χ3n) is 5.86. The standard InChI is InChI=1S/C26H17F4N3/c27-23-20(8-4-14-32-23)16-5-3-6-19(15-16)25(17-10-12-18(13-11-17)26(28,29)30)22-9-2-1-7-21(22)24(31)33-25/h1-15H,(H2,31,33). The molecule has 3 nitrogen and oxygen atoms in total. The van der Waals surface area contributed by atoms with E-state index in [9.17, 15) is 17.6 Å². The van der Waals surface area contributed by atoms with Crippen LogP contribution < -0.4 is 5.73 Å². The van der Waals surface area contributed by atoms with Crippen LogP contribution in [-0.2, 0) is 11.7 Å². The van der Waals surface area contributed by atoms with E-state index in [1.54, 1.807) is 30.3 Å². The summed E-state index contributed by atoms with van der Waals surface area (Å²) in [5, 5.41) is 0. The summed E-state index contributed by atoms with van der Waals surface area (Å²) in [4.78, 5) is 8.50. The maximum absolute atomic E-state index is 14.4. The molecular formula is C26H17F4N3. The number of rotatable bonds is 3. The Morgan fingerprint density at radius 1 is 0.758 bits per heavy atom. The van der Waals surface area contributed by atoms with Crippen LogP contribution in [0.3, 0.4) is 0 Å². The van der Waals surface area contributed by atoms with Crippen molar-refractivity contribution in [1.82, 2.24) is 4.98 Å². The van der Waals surface area contributed by atoms with E-state index in [2.05, 4.69) is 4.98 Å². The van der Waals surface area contributed by atoms with Crippen molar-refractivity contribution in [2.24, 2.45) is 10.7 Å². The summed E-state index contributed by atoms with van der Waals surface area (Å²) in [6.45, 7) is 0. The molecule has 1 aromatic heterocycles. The number of aliphatic imine (C=N–C) groups is 1. The van der Waals surface area contributed by atoms with Gasteiger partial charge in [0.1, 0.15) is 11.4 Å². The van der Waals surface area contributed by atoms with Gasteiger partial charge in [0.25, 0.3) is 0 Å². The predicted molar refractivity (Wildman–Crippen MR) is 118 cm³/mol. The maximum atomic E-state index is 14.4. The first-order valence-corrected chi connectivity index (χ1v) is 10.1. The molecule has 4 aromatic rings. The van der Waals surface area contributed by atoms with Crippen molar-refractivity contribution in [3.8, 4) is 11.1 Å². The lowest BCUT2D eigenvalue weighted by Gasteiger charge is -2.30. The molecule has 33 heavy (non-hydrogen) atoms. The van der Waals surface area contributed by atoms with Crippen molar-refractivity contribution < 1.29 is 17.6 Å². The Kier molecular flexibility index (Phi) is 4.78. The van der Waals surface area contributed by atoms with Crippen LogP contribution in [-0.4, -0.2) is 10.8 Å². The Morgan fingerprint density at radius 3 is 2.21 bits per heavy atom. The highest BCUT2D eigenvalue weighted by atomic mass is 19.4. The second-order valence-corrected chi connectivity index (χ2v) is 7.75. The molecule has 1 aliphatic heterocycles. The molecule has 0 saturated heterocycles. The van der Waals surface area contributed by atoms with Crippen LogP contribution in [0.2, 0.25) is 0 Å². The molecule has 164 valence electrons. The highest BCUT2D eigenvalue weighted by Crippen LogP contribution is 2.47. The summed E-state index contributed by atoms with van der Waals surface area (Å²) < 4.78 is 54.0. The first-order valence-electron chi connectivity index (χ1n) is 10.1. The summed E-state index contributed by atoms with van der Waals surface area (Å²) in [5.41, 5.74) is 7.83. The van der Waals surface area contributed by atoms with Gasteiger partial charge in [-0.2, -0.15) is 17.6 Å². The topological polar surface area (TPSA) is 51.3 Å². The number of pyridine rings is 1. The Labute approximate surface area is 187 Å². The minimum Gasteiger partial charge on any atom is -0.383 e. The van der Waals surface area contributed by atoms with Gasteiger partial charge in [0.05, 0.1) is 5.56 Å². The monoisotopic (exact) mass is 447 g/mol. The SMILES string of the molecule is NC1=NC(c2ccc(C(F)(F)F)cc2)(c2cccc(-c3cccnc3F)c2)c2ccccc21. The van der Waals surface area contributed by atoms with Gasteiger partial charge >= 0.3 is 6.18 Å². The highest BCUT2D eigenvalue weighted by Gasteiger charge is 2.43. The zero-order chi connectivity index (χ0) is 23.2. The second-order valence-electron chi connectivity index (χ2n) is 7.75. The summed E-state index contributed by atoms with van der Waals surface area (Å²) in [5.74, 6) is -0.337. The van der Waals surface area contributed by atoms with E-state index in [1.165, 1.54) is 18.3 Å². The average Bonchev–Trinajstić information content (AvgIpc) is 3.13. The van der Waals surface area contributed by atoms with E-state index in [0.29, 0.717) is 27.8 Å². The van der Waals surface area contributed by atoms with Crippen molar-refractivity contribution in [3.63, 3.8) is 0 Å². The van der Waals surface area contributed by atoms with Crippen molar-refractivity contribution in [2.75, 3.05) is 0 Å². The molecule has 0 aliphatic carbocycles. The van der Waals surface area contributed by atoms with Crippen LogP contribution in [0.15, 0.2) is 96.1 Å². The smallest absolute Gasteiger partial charge is 0.383 e. The molecule has 0 spiro atoms. The van der Waals surface area contributed by atoms with Gasteiger partial charge in [-0.05, 0) is 52.6 Å². The van der Waals surface area contributed by atoms with Gasteiger partial charge in [-0.1, -0.05) is 54.6 Å². The minimum absolute atomic E-state index is 0.281. The summed E-state index contributed by atoms with van der Waals surface area (Å²) >= 11 is 0. The highest BCUT2D eigenvalue weighted by molar-refractivity contribution is 6.03. The fraction of sp³-hybridized carbons (Fsp3) is 0.0769. The number of nitrogens with two attached hydrogens (primary N) is 1. The Balaban J connectivity index is 1.76. The minimum atomic E-state index is -4.46. The molecule has 0 radical (unpaired) electrons. The largest absolute Gasteiger partial charge is 0.416 e. The van der Waals surface area contributed by atoms with Gasteiger partial charge in [-0.3, -0.25) is 0 Å². The molecule has 3 aromatic carbocycles. The third-order valence-corrected chi connectivity index (χ3v) is 5.86. The first-order chi connectivity index (χ1) is 15.8. The fourth-order valence-electron chi connectivity index (χ4n) is 4.34. The van der Waals surface area contributed by atoms with Gasteiger partial charge < -0.3 is 5.73 Å².